The Morgan fingerprint density at radius 2 is 1.50 bits per heavy atom. The van der Waals surface area contributed by atoms with Gasteiger partial charge in [0.25, 0.3) is 0 Å². The highest BCUT2D eigenvalue weighted by Crippen LogP contribution is 2.36. The summed E-state index contributed by atoms with van der Waals surface area (Å²) in [5.41, 5.74) is 4.12. The highest BCUT2D eigenvalue weighted by molar-refractivity contribution is 7.80. The zero-order chi connectivity index (χ0) is 25.3. The van der Waals surface area contributed by atoms with E-state index in [1.165, 1.54) is 36.8 Å². The molecule has 0 aromatic heterocycles. The molecule has 1 fully saturated rings. The fraction of sp³-hybridized carbons (Fsp3) is 0.533. The molecule has 1 atom stereocenters. The summed E-state index contributed by atoms with van der Waals surface area (Å²) in [4.78, 5) is 22.7. The Kier molecular flexibility index (Phi) is 15.3. The molecule has 4 heteroatoms. The third-order valence-corrected chi connectivity index (χ3v) is 6.32. The number of carbonyl (C=O) groups is 2. The Balaban J connectivity index is 0.000000316. The largest absolute Gasteiger partial charge is 0.462 e. The van der Waals surface area contributed by atoms with Crippen molar-refractivity contribution in [3.8, 4) is 0 Å². The molecule has 0 amide bonds. The molecule has 2 aromatic carbocycles. The first-order valence-electron chi connectivity index (χ1n) is 12.9. The minimum atomic E-state index is -0.232. The normalized spacial score (nSPS) is 13.4. The van der Waals surface area contributed by atoms with Gasteiger partial charge in [0, 0.05) is 5.56 Å². The van der Waals surface area contributed by atoms with E-state index >= 15 is 0 Å². The second kappa shape index (κ2) is 17.4. The molecule has 0 radical (unpaired) electrons. The van der Waals surface area contributed by atoms with E-state index in [1.807, 2.05) is 36.4 Å². The van der Waals surface area contributed by atoms with E-state index in [4.69, 9.17) is 4.74 Å². The fourth-order valence-corrected chi connectivity index (χ4v) is 3.60. The Labute approximate surface area is 213 Å². The van der Waals surface area contributed by atoms with Crippen LogP contribution < -0.4 is 0 Å². The molecular formula is C30H44O3S. The highest BCUT2D eigenvalue weighted by Gasteiger charge is 2.19. The quantitative estimate of drug-likeness (QED) is 0.168. The summed E-state index contributed by atoms with van der Waals surface area (Å²) >= 11 is 4.11. The number of ketones is 1. The molecule has 0 saturated heterocycles. The molecule has 1 saturated carbocycles. The Morgan fingerprint density at radius 1 is 0.941 bits per heavy atom. The Hall–Kier alpha value is -2.07. The lowest BCUT2D eigenvalue weighted by atomic mass is 9.80. The van der Waals surface area contributed by atoms with Crippen LogP contribution in [-0.4, -0.2) is 24.1 Å². The first-order valence-corrected chi connectivity index (χ1v) is 13.5. The lowest BCUT2D eigenvalue weighted by Crippen LogP contribution is -2.08. The van der Waals surface area contributed by atoms with Crippen LogP contribution in [0.5, 0.6) is 0 Å². The molecule has 188 valence electrons. The molecule has 1 aliphatic rings. The number of benzene rings is 2. The van der Waals surface area contributed by atoms with E-state index in [1.54, 1.807) is 6.92 Å². The molecule has 1 unspecified atom stereocenters. The van der Waals surface area contributed by atoms with Crippen LogP contribution in [0.3, 0.4) is 0 Å². The van der Waals surface area contributed by atoms with E-state index in [2.05, 4.69) is 52.5 Å². The summed E-state index contributed by atoms with van der Waals surface area (Å²) in [7, 11) is 0. The van der Waals surface area contributed by atoms with E-state index in [0.29, 0.717) is 18.1 Å². The standard InChI is InChI=1S/C15H22O2S.C12H14O.C3H8/c1-3-12(2)13-6-8-14(9-7-13)15(16)17-10-4-5-11-18;1-9(13)10-5-7-12(8-6-10)11-3-2-4-11;1-3-2/h6-9,12,18H,3-5,10-11H2,1-2H3;5-8,11H,2-4H2,1H3;3H2,1-2H3. The van der Waals surface area contributed by atoms with Gasteiger partial charge in [-0.25, -0.2) is 4.79 Å². The van der Waals surface area contributed by atoms with Crippen molar-refractivity contribution in [1.82, 2.24) is 0 Å². The first-order chi connectivity index (χ1) is 16.4. The molecule has 0 bridgehead atoms. The number of hydrogen-bond acceptors (Lipinski definition) is 4. The van der Waals surface area contributed by atoms with Gasteiger partial charge in [-0.05, 0) is 79.9 Å². The van der Waals surface area contributed by atoms with Crippen molar-refractivity contribution in [1.29, 1.82) is 0 Å². The minimum Gasteiger partial charge on any atom is -0.462 e. The van der Waals surface area contributed by atoms with Gasteiger partial charge in [-0.3, -0.25) is 4.79 Å². The molecule has 0 aliphatic heterocycles. The summed E-state index contributed by atoms with van der Waals surface area (Å²) in [6, 6.07) is 15.8. The maximum Gasteiger partial charge on any atom is 0.338 e. The Morgan fingerprint density at radius 3 is 1.94 bits per heavy atom. The highest BCUT2D eigenvalue weighted by atomic mass is 32.1. The average molecular weight is 485 g/mol. The summed E-state index contributed by atoms with van der Waals surface area (Å²) in [6.07, 6.45) is 8.20. The van der Waals surface area contributed by atoms with Gasteiger partial charge in [0.05, 0.1) is 12.2 Å². The summed E-state index contributed by atoms with van der Waals surface area (Å²) < 4.78 is 5.18. The average Bonchev–Trinajstić information content (AvgIpc) is 2.81. The van der Waals surface area contributed by atoms with Gasteiger partial charge in [0.2, 0.25) is 0 Å². The van der Waals surface area contributed by atoms with Gasteiger partial charge in [-0.15, -0.1) is 0 Å². The predicted molar refractivity (Wildman–Crippen MR) is 148 cm³/mol. The van der Waals surface area contributed by atoms with Gasteiger partial charge < -0.3 is 4.74 Å². The summed E-state index contributed by atoms with van der Waals surface area (Å²) in [6.45, 7) is 10.7. The number of thiol groups is 1. The van der Waals surface area contributed by atoms with Crippen LogP contribution >= 0.6 is 12.6 Å². The van der Waals surface area contributed by atoms with Crippen LogP contribution in [0.25, 0.3) is 0 Å². The van der Waals surface area contributed by atoms with Crippen molar-refractivity contribution < 1.29 is 14.3 Å². The van der Waals surface area contributed by atoms with Crippen molar-refractivity contribution in [2.24, 2.45) is 0 Å². The van der Waals surface area contributed by atoms with Crippen molar-refractivity contribution in [3.05, 3.63) is 70.8 Å². The smallest absolute Gasteiger partial charge is 0.338 e. The lowest BCUT2D eigenvalue weighted by Gasteiger charge is -2.25. The third-order valence-electron chi connectivity index (χ3n) is 6.01. The van der Waals surface area contributed by atoms with Crippen molar-refractivity contribution in [2.75, 3.05) is 12.4 Å². The van der Waals surface area contributed by atoms with E-state index in [0.717, 1.165) is 36.5 Å². The van der Waals surface area contributed by atoms with Crippen molar-refractivity contribution in [2.45, 2.75) is 91.4 Å². The fourth-order valence-electron chi connectivity index (χ4n) is 3.38. The molecule has 1 aliphatic carbocycles. The zero-order valence-corrected chi connectivity index (χ0v) is 22.7. The van der Waals surface area contributed by atoms with Crippen molar-refractivity contribution >= 4 is 24.4 Å². The second-order valence-corrected chi connectivity index (χ2v) is 9.46. The van der Waals surface area contributed by atoms with Crippen LogP contribution in [0, 0.1) is 0 Å². The minimum absolute atomic E-state index is 0.153. The predicted octanol–water partition coefficient (Wildman–Crippen LogP) is 8.64. The number of hydrogen-bond donors (Lipinski definition) is 1. The van der Waals surface area contributed by atoms with Crippen LogP contribution in [-0.2, 0) is 4.74 Å². The van der Waals surface area contributed by atoms with Crippen LogP contribution in [0.15, 0.2) is 48.5 Å². The molecule has 0 N–H and O–H groups in total. The SMILES string of the molecule is CC(=O)c1ccc(C2CCC2)cc1.CCC.CCC(C)c1ccc(C(=O)OCCCCS)cc1. The molecule has 0 spiro atoms. The van der Waals surface area contributed by atoms with Gasteiger partial charge in [0.1, 0.15) is 0 Å². The van der Waals surface area contributed by atoms with E-state index in [-0.39, 0.29) is 11.8 Å². The second-order valence-electron chi connectivity index (χ2n) is 9.01. The summed E-state index contributed by atoms with van der Waals surface area (Å²) in [5, 5.41) is 0. The summed E-state index contributed by atoms with van der Waals surface area (Å²) in [5.74, 6) is 2.05. The third kappa shape index (κ3) is 10.9. The number of carbonyl (C=O) groups excluding carboxylic acids is 2. The molecule has 0 heterocycles. The van der Waals surface area contributed by atoms with Gasteiger partial charge in [-0.1, -0.05) is 76.9 Å². The topological polar surface area (TPSA) is 43.4 Å². The molecule has 34 heavy (non-hydrogen) atoms. The monoisotopic (exact) mass is 484 g/mol. The number of unbranched alkanes of at least 4 members (excludes halogenated alkanes) is 1. The van der Waals surface area contributed by atoms with E-state index < -0.39 is 0 Å². The first kappa shape index (κ1) is 30.0. The van der Waals surface area contributed by atoms with Gasteiger partial charge >= 0.3 is 5.97 Å². The maximum atomic E-state index is 11.7. The maximum absolute atomic E-state index is 11.7. The van der Waals surface area contributed by atoms with Crippen LogP contribution in [0.1, 0.15) is 123 Å². The molecule has 3 rings (SSSR count). The van der Waals surface area contributed by atoms with Gasteiger partial charge in [0.15, 0.2) is 5.78 Å². The molecule has 3 nitrogen and oxygen atoms in total. The number of Topliss-reactive ketones (excluding diaryl/α,β-unsaturated/α-hetero) is 1. The van der Waals surface area contributed by atoms with Crippen LogP contribution in [0.4, 0.5) is 0 Å². The zero-order valence-electron chi connectivity index (χ0n) is 21.8. The van der Waals surface area contributed by atoms with Crippen molar-refractivity contribution in [3.63, 3.8) is 0 Å². The van der Waals surface area contributed by atoms with Crippen LogP contribution in [0.2, 0.25) is 0 Å². The Bertz CT molecular complexity index is 823. The number of esters is 1. The van der Waals surface area contributed by atoms with E-state index in [9.17, 15) is 9.59 Å². The number of rotatable bonds is 9. The van der Waals surface area contributed by atoms with Gasteiger partial charge in [-0.2, -0.15) is 12.6 Å². The molecular weight excluding hydrogens is 440 g/mol. The lowest BCUT2D eigenvalue weighted by molar-refractivity contribution is 0.0500. The number of ether oxygens (including phenoxy) is 1. The molecule has 2 aromatic rings.